The molecule has 3 aromatic rings. The molecule has 0 radical (unpaired) electrons. The molecular formula is C20H16ClN3O5. The second-order valence-corrected chi connectivity index (χ2v) is 6.96. The highest BCUT2D eigenvalue weighted by Gasteiger charge is 2.28. The molecule has 9 heteroatoms. The number of aromatic nitrogens is 1. The van der Waals surface area contributed by atoms with Crippen molar-refractivity contribution in [1.29, 1.82) is 0 Å². The molecular weight excluding hydrogens is 398 g/mol. The average Bonchev–Trinajstić information content (AvgIpc) is 3.16. The molecule has 0 fully saturated rings. The van der Waals surface area contributed by atoms with Gasteiger partial charge in [0.15, 0.2) is 18.1 Å². The highest BCUT2D eigenvalue weighted by molar-refractivity contribution is 6.30. The predicted octanol–water partition coefficient (Wildman–Crippen LogP) is 3.87. The summed E-state index contributed by atoms with van der Waals surface area (Å²) in [6.45, 7) is 0.510. The van der Waals surface area contributed by atoms with E-state index in [0.717, 1.165) is 16.8 Å². The van der Waals surface area contributed by atoms with Gasteiger partial charge in [0.2, 0.25) is 0 Å². The number of hydrogen-bond donors (Lipinski definition) is 0. The van der Waals surface area contributed by atoms with E-state index >= 15 is 0 Å². The van der Waals surface area contributed by atoms with E-state index in [1.54, 1.807) is 29.2 Å². The molecule has 1 aliphatic rings. The minimum atomic E-state index is -0.539. The molecule has 0 saturated carbocycles. The second kappa shape index (κ2) is 7.92. The number of hydrogen-bond acceptors (Lipinski definition) is 6. The third-order valence-electron chi connectivity index (χ3n) is 4.71. The number of nitro groups is 1. The Balaban J connectivity index is 1.47. The van der Waals surface area contributed by atoms with Crippen molar-refractivity contribution in [3.63, 3.8) is 0 Å². The number of benzene rings is 2. The zero-order chi connectivity index (χ0) is 20.4. The quantitative estimate of drug-likeness (QED) is 0.465. The Hall–Kier alpha value is -3.39. The minimum Gasteiger partial charge on any atom is -0.477 e. The number of nitro benzene ring substituents is 1. The summed E-state index contributed by atoms with van der Waals surface area (Å²) in [5, 5.41) is 15.8. The third-order valence-corrected chi connectivity index (χ3v) is 4.96. The zero-order valence-corrected chi connectivity index (χ0v) is 16.0. The number of carbonyl (C=O) groups excluding carboxylic acids is 1. The minimum absolute atomic E-state index is 0.0652. The van der Waals surface area contributed by atoms with Crippen LogP contribution >= 0.6 is 11.6 Å². The lowest BCUT2D eigenvalue weighted by Crippen LogP contribution is -2.38. The van der Waals surface area contributed by atoms with Crippen molar-refractivity contribution in [2.24, 2.45) is 0 Å². The first kappa shape index (κ1) is 18.9. The number of para-hydroxylation sites is 2. The molecule has 1 aliphatic heterocycles. The average molecular weight is 414 g/mol. The fraction of sp³-hybridized carbons (Fsp3) is 0.200. The van der Waals surface area contributed by atoms with E-state index in [0.29, 0.717) is 30.3 Å². The van der Waals surface area contributed by atoms with Gasteiger partial charge in [-0.05, 0) is 30.3 Å². The summed E-state index contributed by atoms with van der Waals surface area (Å²) in [5.41, 5.74) is 2.31. The lowest BCUT2D eigenvalue weighted by Gasteiger charge is -2.26. The number of amides is 1. The Bertz CT molecular complexity index is 1060. The van der Waals surface area contributed by atoms with Gasteiger partial charge in [0.25, 0.3) is 5.91 Å². The van der Waals surface area contributed by atoms with Gasteiger partial charge >= 0.3 is 5.69 Å². The molecule has 2 heterocycles. The number of ether oxygens (including phenoxy) is 1. The monoisotopic (exact) mass is 413 g/mol. The van der Waals surface area contributed by atoms with Crippen LogP contribution in [0.4, 0.5) is 5.69 Å². The molecule has 1 amide bonds. The van der Waals surface area contributed by atoms with E-state index in [1.165, 1.54) is 12.1 Å². The number of rotatable bonds is 5. The van der Waals surface area contributed by atoms with E-state index in [1.807, 2.05) is 12.1 Å². The third kappa shape index (κ3) is 3.93. The zero-order valence-electron chi connectivity index (χ0n) is 15.2. The fourth-order valence-corrected chi connectivity index (χ4v) is 3.34. The Morgan fingerprint density at radius 3 is 2.76 bits per heavy atom. The molecule has 0 saturated heterocycles. The Morgan fingerprint density at radius 1 is 1.24 bits per heavy atom. The maximum absolute atomic E-state index is 12.6. The lowest BCUT2D eigenvalue weighted by atomic mass is 10.0. The second-order valence-electron chi connectivity index (χ2n) is 6.52. The molecule has 0 unspecified atom stereocenters. The van der Waals surface area contributed by atoms with Crippen molar-refractivity contribution in [2.45, 2.75) is 13.0 Å². The van der Waals surface area contributed by atoms with Crippen LogP contribution in [-0.2, 0) is 17.8 Å². The van der Waals surface area contributed by atoms with Crippen molar-refractivity contribution < 1.29 is 19.0 Å². The Kier molecular flexibility index (Phi) is 5.18. The summed E-state index contributed by atoms with van der Waals surface area (Å²) < 4.78 is 10.9. The first-order valence-electron chi connectivity index (χ1n) is 8.90. The molecule has 0 spiro atoms. The standard InChI is InChI=1S/C20H16ClN3O5/c21-14-7-5-13(6-8-14)20-15-11-23(10-9-16(15)22-29-20)19(25)12-28-18-4-2-1-3-17(18)24(26)27/h1-8H,9-12H2. The topological polar surface area (TPSA) is 98.7 Å². The van der Waals surface area contributed by atoms with E-state index in [9.17, 15) is 14.9 Å². The summed E-state index contributed by atoms with van der Waals surface area (Å²) in [7, 11) is 0. The maximum Gasteiger partial charge on any atom is 0.310 e. The van der Waals surface area contributed by atoms with Gasteiger partial charge in [-0.2, -0.15) is 0 Å². The Morgan fingerprint density at radius 2 is 2.00 bits per heavy atom. The van der Waals surface area contributed by atoms with Gasteiger partial charge in [-0.1, -0.05) is 28.9 Å². The van der Waals surface area contributed by atoms with Gasteiger partial charge in [0, 0.05) is 35.2 Å². The molecule has 2 aromatic carbocycles. The van der Waals surface area contributed by atoms with Crippen molar-refractivity contribution in [1.82, 2.24) is 10.1 Å². The highest BCUT2D eigenvalue weighted by Crippen LogP contribution is 2.31. The molecule has 8 nitrogen and oxygen atoms in total. The first-order chi connectivity index (χ1) is 14.0. The van der Waals surface area contributed by atoms with Gasteiger partial charge < -0.3 is 14.2 Å². The largest absolute Gasteiger partial charge is 0.477 e. The van der Waals surface area contributed by atoms with Crippen molar-refractivity contribution >= 4 is 23.2 Å². The van der Waals surface area contributed by atoms with Gasteiger partial charge in [-0.3, -0.25) is 14.9 Å². The molecule has 0 N–H and O–H groups in total. The van der Waals surface area contributed by atoms with Crippen molar-refractivity contribution in [2.75, 3.05) is 13.2 Å². The van der Waals surface area contributed by atoms with Crippen LogP contribution in [0, 0.1) is 10.1 Å². The van der Waals surface area contributed by atoms with Crippen molar-refractivity contribution in [3.05, 3.63) is 74.9 Å². The van der Waals surface area contributed by atoms with Crippen LogP contribution in [-0.4, -0.2) is 34.0 Å². The molecule has 0 bridgehead atoms. The maximum atomic E-state index is 12.6. The molecule has 1 aromatic heterocycles. The van der Waals surface area contributed by atoms with Crippen LogP contribution < -0.4 is 4.74 Å². The Labute approximate surface area is 170 Å². The summed E-state index contributed by atoms with van der Waals surface area (Å²) in [6, 6.07) is 13.2. The number of carbonyl (C=O) groups is 1. The van der Waals surface area contributed by atoms with E-state index in [2.05, 4.69) is 5.16 Å². The summed E-state index contributed by atoms with van der Waals surface area (Å²) in [4.78, 5) is 24.8. The van der Waals surface area contributed by atoms with Gasteiger partial charge in [0.1, 0.15) is 0 Å². The SMILES string of the molecule is O=C(COc1ccccc1[N+](=O)[O-])N1CCc2noc(-c3ccc(Cl)cc3)c2C1. The van der Waals surface area contributed by atoms with E-state index in [4.69, 9.17) is 20.9 Å². The van der Waals surface area contributed by atoms with Crippen molar-refractivity contribution in [3.8, 4) is 17.1 Å². The van der Waals surface area contributed by atoms with E-state index in [-0.39, 0.29) is 24.0 Å². The van der Waals surface area contributed by atoms with Crippen LogP contribution in [0.25, 0.3) is 11.3 Å². The normalized spacial score (nSPS) is 13.1. The predicted molar refractivity (Wildman–Crippen MR) is 105 cm³/mol. The van der Waals surface area contributed by atoms with Crippen LogP contribution in [0.5, 0.6) is 5.75 Å². The van der Waals surface area contributed by atoms with Crippen LogP contribution in [0.3, 0.4) is 0 Å². The van der Waals surface area contributed by atoms with Gasteiger partial charge in [-0.25, -0.2) is 0 Å². The van der Waals surface area contributed by atoms with E-state index < -0.39 is 4.92 Å². The molecule has 29 heavy (non-hydrogen) atoms. The van der Waals surface area contributed by atoms with Gasteiger partial charge in [0.05, 0.1) is 17.2 Å². The number of fused-ring (bicyclic) bond motifs is 1. The fourth-order valence-electron chi connectivity index (χ4n) is 3.21. The summed E-state index contributed by atoms with van der Waals surface area (Å²) >= 11 is 5.94. The van der Waals surface area contributed by atoms with Crippen LogP contribution in [0.1, 0.15) is 11.3 Å². The summed E-state index contributed by atoms with van der Waals surface area (Å²) in [6.07, 6.45) is 0.559. The molecule has 4 rings (SSSR count). The van der Waals surface area contributed by atoms with Gasteiger partial charge in [-0.15, -0.1) is 0 Å². The smallest absolute Gasteiger partial charge is 0.310 e. The first-order valence-corrected chi connectivity index (χ1v) is 9.28. The van der Waals surface area contributed by atoms with Crippen LogP contribution in [0.2, 0.25) is 5.02 Å². The molecule has 148 valence electrons. The lowest BCUT2D eigenvalue weighted by molar-refractivity contribution is -0.385. The number of halogens is 1. The summed E-state index contributed by atoms with van der Waals surface area (Å²) in [5.74, 6) is 0.404. The number of nitrogens with zero attached hydrogens (tertiary/aromatic N) is 3. The molecule has 0 aliphatic carbocycles. The molecule has 0 atom stereocenters. The highest BCUT2D eigenvalue weighted by atomic mass is 35.5. The van der Waals surface area contributed by atoms with Crippen LogP contribution in [0.15, 0.2) is 53.1 Å².